The highest BCUT2D eigenvalue weighted by atomic mass is 16.1. The zero-order valence-corrected chi connectivity index (χ0v) is 19.2. The standard InChI is InChI=1S/C30H27N3O/c1-21-7-9-22(10-8-21)13-18-32-29(24-5-3-2-4-6-24)30(34)27-20-33-28-19-25(11-12-26(27)28)23-14-16-31-17-15-23/h2-12,14-17,19-20,29,32-33H,13,18H2,1H3/t29-/m0/s1. The van der Waals surface area contributed by atoms with Gasteiger partial charge in [-0.05, 0) is 53.8 Å². The molecule has 5 rings (SSSR count). The van der Waals surface area contributed by atoms with Crippen molar-refractivity contribution in [2.24, 2.45) is 0 Å². The first-order chi connectivity index (χ1) is 16.7. The molecule has 0 aliphatic rings. The second-order valence-electron chi connectivity index (χ2n) is 8.60. The van der Waals surface area contributed by atoms with Gasteiger partial charge in [0, 0.05) is 41.6 Å². The predicted molar refractivity (Wildman–Crippen MR) is 138 cm³/mol. The largest absolute Gasteiger partial charge is 0.360 e. The number of ketones is 1. The molecule has 0 aliphatic carbocycles. The summed E-state index contributed by atoms with van der Waals surface area (Å²) in [5.41, 5.74) is 7.32. The van der Waals surface area contributed by atoms with Crippen molar-refractivity contribution in [1.29, 1.82) is 0 Å². The highest BCUT2D eigenvalue weighted by Gasteiger charge is 2.24. The minimum atomic E-state index is -0.412. The Kier molecular flexibility index (Phi) is 6.32. The van der Waals surface area contributed by atoms with E-state index in [-0.39, 0.29) is 5.78 Å². The molecule has 0 saturated carbocycles. The molecule has 2 aromatic heterocycles. The lowest BCUT2D eigenvalue weighted by molar-refractivity contribution is 0.0945. The van der Waals surface area contributed by atoms with Crippen molar-refractivity contribution in [2.45, 2.75) is 19.4 Å². The van der Waals surface area contributed by atoms with Crippen LogP contribution in [0.4, 0.5) is 0 Å². The number of aromatic amines is 1. The van der Waals surface area contributed by atoms with Gasteiger partial charge in [0.15, 0.2) is 5.78 Å². The SMILES string of the molecule is Cc1ccc(CCN[C@H](C(=O)c2c[nH]c3cc(-c4ccncc4)ccc23)c2ccccc2)cc1. The molecule has 5 aromatic rings. The highest BCUT2D eigenvalue weighted by molar-refractivity contribution is 6.11. The van der Waals surface area contributed by atoms with E-state index in [9.17, 15) is 4.79 Å². The van der Waals surface area contributed by atoms with Gasteiger partial charge in [0.25, 0.3) is 0 Å². The van der Waals surface area contributed by atoms with E-state index in [1.807, 2.05) is 54.7 Å². The van der Waals surface area contributed by atoms with Gasteiger partial charge in [0.05, 0.1) is 6.04 Å². The molecule has 0 unspecified atom stereocenters. The Morgan fingerprint density at radius 1 is 0.912 bits per heavy atom. The van der Waals surface area contributed by atoms with Crippen molar-refractivity contribution in [3.05, 3.63) is 126 Å². The highest BCUT2D eigenvalue weighted by Crippen LogP contribution is 2.28. The monoisotopic (exact) mass is 445 g/mol. The molecule has 1 atom stereocenters. The van der Waals surface area contributed by atoms with E-state index in [0.717, 1.165) is 34.0 Å². The number of benzene rings is 3. The van der Waals surface area contributed by atoms with Gasteiger partial charge < -0.3 is 10.3 Å². The van der Waals surface area contributed by atoms with Crippen LogP contribution < -0.4 is 5.32 Å². The topological polar surface area (TPSA) is 57.8 Å². The van der Waals surface area contributed by atoms with Crippen LogP contribution in [0.3, 0.4) is 0 Å². The van der Waals surface area contributed by atoms with Crippen LogP contribution in [0.15, 0.2) is 104 Å². The van der Waals surface area contributed by atoms with Crippen molar-refractivity contribution < 1.29 is 4.79 Å². The number of rotatable bonds is 8. The number of aromatic nitrogens is 2. The van der Waals surface area contributed by atoms with Gasteiger partial charge in [-0.15, -0.1) is 0 Å². The number of H-pyrrole nitrogens is 1. The van der Waals surface area contributed by atoms with Crippen molar-refractivity contribution in [3.8, 4) is 11.1 Å². The molecule has 2 N–H and O–H groups in total. The number of nitrogens with one attached hydrogen (secondary N) is 2. The van der Waals surface area contributed by atoms with Crippen LogP contribution in [0.2, 0.25) is 0 Å². The molecule has 0 fully saturated rings. The molecule has 4 heteroatoms. The summed E-state index contributed by atoms with van der Waals surface area (Å²) in [5, 5.41) is 4.45. The van der Waals surface area contributed by atoms with Crippen LogP contribution in [0.25, 0.3) is 22.0 Å². The molecule has 0 bridgehead atoms. The Morgan fingerprint density at radius 2 is 1.68 bits per heavy atom. The first-order valence-corrected chi connectivity index (χ1v) is 11.6. The normalized spacial score (nSPS) is 12.0. The van der Waals surface area contributed by atoms with Crippen molar-refractivity contribution in [2.75, 3.05) is 6.54 Å². The fraction of sp³-hybridized carbons (Fsp3) is 0.133. The zero-order chi connectivity index (χ0) is 23.3. The maximum atomic E-state index is 13.8. The Labute approximate surface area is 199 Å². The van der Waals surface area contributed by atoms with Gasteiger partial charge in [0.1, 0.15) is 0 Å². The second-order valence-corrected chi connectivity index (χ2v) is 8.60. The summed E-state index contributed by atoms with van der Waals surface area (Å²) in [5.74, 6) is 0.0676. The van der Waals surface area contributed by atoms with E-state index >= 15 is 0 Å². The van der Waals surface area contributed by atoms with Gasteiger partial charge in [-0.25, -0.2) is 0 Å². The molecule has 0 saturated heterocycles. The summed E-state index contributed by atoms with van der Waals surface area (Å²) >= 11 is 0. The molecule has 0 spiro atoms. The molecule has 168 valence electrons. The summed E-state index contributed by atoms with van der Waals surface area (Å²) in [4.78, 5) is 21.2. The number of fused-ring (bicyclic) bond motifs is 1. The molecule has 34 heavy (non-hydrogen) atoms. The van der Waals surface area contributed by atoms with Crippen LogP contribution >= 0.6 is 0 Å². The van der Waals surface area contributed by atoms with E-state index in [4.69, 9.17) is 0 Å². The molecular formula is C30H27N3O. The summed E-state index contributed by atoms with van der Waals surface area (Å²) in [6.45, 7) is 2.80. The van der Waals surface area contributed by atoms with E-state index in [2.05, 4.69) is 58.6 Å². The Morgan fingerprint density at radius 3 is 2.44 bits per heavy atom. The smallest absolute Gasteiger partial charge is 0.186 e. The van der Waals surface area contributed by atoms with Crippen LogP contribution in [0.1, 0.15) is 33.1 Å². The van der Waals surface area contributed by atoms with Gasteiger partial charge in [-0.2, -0.15) is 0 Å². The Bertz CT molecular complexity index is 1390. The van der Waals surface area contributed by atoms with Gasteiger partial charge in [-0.3, -0.25) is 9.78 Å². The fourth-order valence-electron chi connectivity index (χ4n) is 4.33. The van der Waals surface area contributed by atoms with Gasteiger partial charge in [0.2, 0.25) is 0 Å². The summed E-state index contributed by atoms with van der Waals surface area (Å²) < 4.78 is 0. The van der Waals surface area contributed by atoms with Gasteiger partial charge in [-0.1, -0.05) is 72.3 Å². The Balaban J connectivity index is 1.40. The third kappa shape index (κ3) is 4.68. The number of hydrogen-bond donors (Lipinski definition) is 2. The van der Waals surface area contributed by atoms with Crippen LogP contribution in [0, 0.1) is 6.92 Å². The molecular weight excluding hydrogens is 418 g/mol. The number of carbonyl (C=O) groups excluding carboxylic acids is 1. The molecule has 3 aromatic carbocycles. The lowest BCUT2D eigenvalue weighted by Gasteiger charge is -2.18. The number of hydrogen-bond acceptors (Lipinski definition) is 3. The van der Waals surface area contributed by atoms with Crippen LogP contribution in [0.5, 0.6) is 0 Å². The van der Waals surface area contributed by atoms with E-state index in [0.29, 0.717) is 12.1 Å². The second kappa shape index (κ2) is 9.86. The van der Waals surface area contributed by atoms with Crippen LogP contribution in [-0.4, -0.2) is 22.3 Å². The minimum absolute atomic E-state index is 0.0676. The number of pyridine rings is 1. The fourth-order valence-corrected chi connectivity index (χ4v) is 4.33. The zero-order valence-electron chi connectivity index (χ0n) is 19.2. The molecule has 2 heterocycles. The number of nitrogens with zero attached hydrogens (tertiary/aromatic N) is 1. The minimum Gasteiger partial charge on any atom is -0.360 e. The number of Topliss-reactive ketones (excluding diaryl/α,β-unsaturated/α-hetero) is 1. The lowest BCUT2D eigenvalue weighted by Crippen LogP contribution is -2.30. The van der Waals surface area contributed by atoms with Crippen molar-refractivity contribution >= 4 is 16.7 Å². The predicted octanol–water partition coefficient (Wildman–Crippen LogP) is 6.29. The van der Waals surface area contributed by atoms with Crippen molar-refractivity contribution in [1.82, 2.24) is 15.3 Å². The third-order valence-electron chi connectivity index (χ3n) is 6.24. The average Bonchev–Trinajstić information content (AvgIpc) is 3.32. The summed E-state index contributed by atoms with van der Waals surface area (Å²) in [6.07, 6.45) is 6.27. The molecule has 4 nitrogen and oxygen atoms in total. The number of aryl methyl sites for hydroxylation is 1. The van der Waals surface area contributed by atoms with Crippen molar-refractivity contribution in [3.63, 3.8) is 0 Å². The molecule has 0 aliphatic heterocycles. The quantitative estimate of drug-likeness (QED) is 0.276. The van der Waals surface area contributed by atoms with Gasteiger partial charge >= 0.3 is 0 Å². The maximum Gasteiger partial charge on any atom is 0.186 e. The first-order valence-electron chi connectivity index (χ1n) is 11.6. The van der Waals surface area contributed by atoms with E-state index in [1.165, 1.54) is 11.1 Å². The summed E-state index contributed by atoms with van der Waals surface area (Å²) in [7, 11) is 0. The lowest BCUT2D eigenvalue weighted by atomic mass is 9.96. The number of carbonyl (C=O) groups is 1. The van der Waals surface area contributed by atoms with Crippen LogP contribution in [-0.2, 0) is 6.42 Å². The van der Waals surface area contributed by atoms with E-state index < -0.39 is 6.04 Å². The van der Waals surface area contributed by atoms with E-state index in [1.54, 1.807) is 12.4 Å². The maximum absolute atomic E-state index is 13.8. The molecule has 0 radical (unpaired) electrons. The summed E-state index contributed by atoms with van der Waals surface area (Å²) in [6, 6.07) is 28.2. The first kappa shape index (κ1) is 21.8. The Hall–Kier alpha value is -4.02. The third-order valence-corrected chi connectivity index (χ3v) is 6.24. The molecule has 0 amide bonds. The average molecular weight is 446 g/mol.